The number of thiophene rings is 1. The number of ether oxygens (including phenoxy) is 1. The van der Waals surface area contributed by atoms with Gasteiger partial charge in [0, 0.05) is 17.3 Å². The molecule has 3 aromatic rings. The molecule has 1 amide bonds. The second kappa shape index (κ2) is 6.66. The van der Waals surface area contributed by atoms with Crippen LogP contribution >= 0.6 is 11.3 Å². The van der Waals surface area contributed by atoms with Crippen LogP contribution in [-0.2, 0) is 0 Å². The Kier molecular flexibility index (Phi) is 4.31. The molecule has 0 bridgehead atoms. The number of aromatic nitrogens is 2. The molecule has 0 saturated carbocycles. The van der Waals surface area contributed by atoms with Crippen molar-refractivity contribution < 1.29 is 13.9 Å². The van der Waals surface area contributed by atoms with E-state index in [1.807, 2.05) is 0 Å². The number of likely N-dealkylation sites (tertiary alicyclic amines) is 1. The van der Waals surface area contributed by atoms with Gasteiger partial charge in [-0.25, -0.2) is 4.39 Å². The first-order chi connectivity index (χ1) is 13.0. The van der Waals surface area contributed by atoms with Gasteiger partial charge in [-0.3, -0.25) is 9.59 Å². The van der Waals surface area contributed by atoms with Crippen LogP contribution in [0.5, 0.6) is 5.75 Å². The molecular formula is C18H17FN4O3S. The highest BCUT2D eigenvalue weighted by Crippen LogP contribution is 2.29. The first-order valence-electron chi connectivity index (χ1n) is 8.37. The summed E-state index contributed by atoms with van der Waals surface area (Å²) in [5.74, 6) is 0.227. The summed E-state index contributed by atoms with van der Waals surface area (Å²) in [6, 6.07) is 6.73. The third kappa shape index (κ3) is 2.93. The molecule has 4 rings (SSSR count). The highest BCUT2D eigenvalue weighted by molar-refractivity contribution is 7.15. The van der Waals surface area contributed by atoms with Gasteiger partial charge in [0.25, 0.3) is 11.5 Å². The second-order valence-electron chi connectivity index (χ2n) is 6.29. The number of nitrogen functional groups attached to an aromatic ring is 1. The number of halogens is 1. The van der Waals surface area contributed by atoms with Gasteiger partial charge in [-0.05, 0) is 30.7 Å². The Hall–Kier alpha value is -2.94. The maximum absolute atomic E-state index is 13.5. The summed E-state index contributed by atoms with van der Waals surface area (Å²) in [6.45, 7) is 0.355. The molecule has 3 heterocycles. The van der Waals surface area contributed by atoms with E-state index in [2.05, 4.69) is 5.10 Å². The Bertz CT molecular complexity index is 1080. The molecule has 2 N–H and O–H groups in total. The van der Waals surface area contributed by atoms with Crippen molar-refractivity contribution in [2.24, 2.45) is 0 Å². The molecule has 0 radical (unpaired) electrons. The lowest BCUT2D eigenvalue weighted by molar-refractivity contribution is 0.0777. The van der Waals surface area contributed by atoms with Crippen LogP contribution in [0.25, 0.3) is 16.5 Å². The van der Waals surface area contributed by atoms with E-state index in [1.165, 1.54) is 16.2 Å². The van der Waals surface area contributed by atoms with Gasteiger partial charge in [0.05, 0.1) is 29.7 Å². The van der Waals surface area contributed by atoms with Crippen LogP contribution in [-0.4, -0.2) is 47.0 Å². The third-order valence-electron chi connectivity index (χ3n) is 4.62. The molecule has 1 atom stereocenters. The Labute approximate surface area is 157 Å². The first kappa shape index (κ1) is 17.5. The first-order valence-corrected chi connectivity index (χ1v) is 9.25. The molecule has 27 heavy (non-hydrogen) atoms. The summed E-state index contributed by atoms with van der Waals surface area (Å²) in [4.78, 5) is 27.3. The van der Waals surface area contributed by atoms with E-state index in [-0.39, 0.29) is 17.6 Å². The van der Waals surface area contributed by atoms with Gasteiger partial charge in [-0.2, -0.15) is 9.78 Å². The zero-order valence-corrected chi connectivity index (χ0v) is 15.3. The Balaban J connectivity index is 1.89. The Morgan fingerprint density at radius 3 is 2.74 bits per heavy atom. The maximum Gasteiger partial charge on any atom is 0.282 e. The van der Waals surface area contributed by atoms with Crippen LogP contribution in [0.3, 0.4) is 0 Å². The van der Waals surface area contributed by atoms with Gasteiger partial charge >= 0.3 is 0 Å². The molecule has 1 saturated heterocycles. The van der Waals surface area contributed by atoms with Crippen molar-refractivity contribution in [3.63, 3.8) is 0 Å². The molecule has 1 fully saturated rings. The molecule has 1 aromatic carbocycles. The van der Waals surface area contributed by atoms with Crippen LogP contribution in [0.1, 0.15) is 16.9 Å². The van der Waals surface area contributed by atoms with E-state index in [0.717, 1.165) is 4.68 Å². The third-order valence-corrected chi connectivity index (χ3v) is 5.43. The van der Waals surface area contributed by atoms with Crippen molar-refractivity contribution in [2.75, 3.05) is 25.9 Å². The quantitative estimate of drug-likeness (QED) is 0.743. The summed E-state index contributed by atoms with van der Waals surface area (Å²) in [5, 5.41) is 6.93. The summed E-state index contributed by atoms with van der Waals surface area (Å²) in [6.07, 6.45) is -0.733. The SMILES string of the molecule is COc1ccc(-n2nc(C(=O)N3CC[C@H](F)C3)c3csc(N)c3c2=O)cc1. The molecule has 0 aliphatic carbocycles. The fraction of sp³-hybridized carbons (Fsp3) is 0.278. The van der Waals surface area contributed by atoms with Crippen LogP contribution in [0.2, 0.25) is 0 Å². The number of nitrogens with zero attached hydrogens (tertiary/aromatic N) is 3. The van der Waals surface area contributed by atoms with Crippen molar-refractivity contribution >= 4 is 33.0 Å². The topological polar surface area (TPSA) is 90.5 Å². The summed E-state index contributed by atoms with van der Waals surface area (Å²) < 4.78 is 19.8. The normalized spacial score (nSPS) is 16.8. The largest absolute Gasteiger partial charge is 0.497 e. The van der Waals surface area contributed by atoms with Crippen molar-refractivity contribution in [1.82, 2.24) is 14.7 Å². The molecular weight excluding hydrogens is 371 g/mol. The van der Waals surface area contributed by atoms with Crippen molar-refractivity contribution in [3.8, 4) is 11.4 Å². The highest BCUT2D eigenvalue weighted by atomic mass is 32.1. The summed E-state index contributed by atoms with van der Waals surface area (Å²) in [5.41, 5.74) is 6.16. The molecule has 0 spiro atoms. The summed E-state index contributed by atoms with van der Waals surface area (Å²) in [7, 11) is 1.54. The Morgan fingerprint density at radius 1 is 1.37 bits per heavy atom. The average molecular weight is 388 g/mol. The van der Waals surface area contributed by atoms with Crippen molar-refractivity contribution in [2.45, 2.75) is 12.6 Å². The van der Waals surface area contributed by atoms with E-state index in [0.29, 0.717) is 34.8 Å². The van der Waals surface area contributed by atoms with Crippen LogP contribution in [0, 0.1) is 0 Å². The number of rotatable bonds is 3. The van der Waals surface area contributed by atoms with Gasteiger partial charge in [0.1, 0.15) is 11.9 Å². The van der Waals surface area contributed by atoms with Gasteiger partial charge in [-0.15, -0.1) is 11.3 Å². The zero-order chi connectivity index (χ0) is 19.1. The van der Waals surface area contributed by atoms with Crippen LogP contribution in [0.4, 0.5) is 9.39 Å². The number of methoxy groups -OCH3 is 1. The van der Waals surface area contributed by atoms with Gasteiger partial charge < -0.3 is 15.4 Å². The molecule has 1 aliphatic heterocycles. The number of nitrogens with two attached hydrogens (primary N) is 1. The van der Waals surface area contributed by atoms with Gasteiger partial charge in [-0.1, -0.05) is 0 Å². The van der Waals surface area contributed by atoms with Crippen molar-refractivity contribution in [1.29, 1.82) is 0 Å². The maximum atomic E-state index is 13.5. The number of anilines is 1. The van der Waals surface area contributed by atoms with E-state index < -0.39 is 17.6 Å². The highest BCUT2D eigenvalue weighted by Gasteiger charge is 2.30. The molecule has 0 unspecified atom stereocenters. The molecule has 9 heteroatoms. The standard InChI is InChI=1S/C18H17FN4O3S/c1-26-12-4-2-11(3-5-12)23-17(24)14-13(9-27-16(14)20)15(21-23)18(25)22-7-6-10(19)8-22/h2-5,9-10H,6-8,20H2,1H3/t10-/m0/s1. The second-order valence-corrected chi connectivity index (χ2v) is 7.20. The van der Waals surface area contributed by atoms with E-state index in [9.17, 15) is 14.0 Å². The monoisotopic (exact) mass is 388 g/mol. The lowest BCUT2D eigenvalue weighted by Crippen LogP contribution is -2.32. The van der Waals surface area contributed by atoms with E-state index in [4.69, 9.17) is 10.5 Å². The number of fused-ring (bicyclic) bond motifs is 1. The Morgan fingerprint density at radius 2 is 2.11 bits per heavy atom. The van der Waals surface area contributed by atoms with Crippen LogP contribution < -0.4 is 16.0 Å². The smallest absolute Gasteiger partial charge is 0.282 e. The number of alkyl halides is 1. The molecule has 140 valence electrons. The van der Waals surface area contributed by atoms with E-state index in [1.54, 1.807) is 36.8 Å². The number of benzene rings is 1. The number of hydrogen-bond acceptors (Lipinski definition) is 6. The molecule has 2 aromatic heterocycles. The summed E-state index contributed by atoms with van der Waals surface area (Å²) >= 11 is 1.18. The minimum absolute atomic E-state index is 0.0310. The average Bonchev–Trinajstić information content (AvgIpc) is 3.28. The van der Waals surface area contributed by atoms with Gasteiger partial charge in [0.15, 0.2) is 5.69 Å². The molecule has 7 nitrogen and oxygen atoms in total. The zero-order valence-electron chi connectivity index (χ0n) is 14.5. The number of hydrogen-bond donors (Lipinski definition) is 1. The fourth-order valence-corrected chi connectivity index (χ4v) is 3.97. The number of carbonyl (C=O) groups excluding carboxylic acids is 1. The van der Waals surface area contributed by atoms with E-state index >= 15 is 0 Å². The lowest BCUT2D eigenvalue weighted by atomic mass is 10.2. The minimum Gasteiger partial charge on any atom is -0.497 e. The number of carbonyl (C=O) groups is 1. The van der Waals surface area contributed by atoms with Crippen molar-refractivity contribution in [3.05, 3.63) is 45.7 Å². The molecule has 1 aliphatic rings. The fourth-order valence-electron chi connectivity index (χ4n) is 3.18. The minimum atomic E-state index is -1.04. The lowest BCUT2D eigenvalue weighted by Gasteiger charge is -2.16. The van der Waals surface area contributed by atoms with Crippen LogP contribution in [0.15, 0.2) is 34.4 Å². The predicted octanol–water partition coefficient (Wildman–Crippen LogP) is 2.22. The van der Waals surface area contributed by atoms with Gasteiger partial charge in [0.2, 0.25) is 0 Å². The predicted molar refractivity (Wildman–Crippen MR) is 102 cm³/mol. The number of amides is 1.